The Hall–Kier alpha value is -2.86. The molecule has 1 aromatic heterocycles. The molecule has 178 valence electrons. The molecule has 1 fully saturated rings. The van der Waals surface area contributed by atoms with Gasteiger partial charge in [-0.15, -0.1) is 0 Å². The van der Waals surface area contributed by atoms with Gasteiger partial charge in [-0.2, -0.15) is 0 Å². The van der Waals surface area contributed by atoms with Gasteiger partial charge in [0.25, 0.3) is 0 Å². The lowest BCUT2D eigenvalue weighted by Crippen LogP contribution is -2.48. The lowest BCUT2D eigenvalue weighted by molar-refractivity contribution is -0.125. The number of aromatic nitrogens is 2. The average molecular weight is 462 g/mol. The molecule has 1 aliphatic heterocycles. The maximum absolute atomic E-state index is 14.6. The van der Waals surface area contributed by atoms with E-state index in [1.165, 1.54) is 0 Å². The zero-order valence-corrected chi connectivity index (χ0v) is 17.7. The van der Waals surface area contributed by atoms with E-state index in [-0.39, 0.29) is 25.3 Å². The number of nitrogens with one attached hydrogen (secondary N) is 1. The molecule has 0 saturated heterocycles. The predicted octanol–water partition coefficient (Wildman–Crippen LogP) is -0.808. The highest BCUT2D eigenvalue weighted by molar-refractivity contribution is 5.79. The standard InChI is InChI=1S/C22H27FN4O6/c23-14-7-25-17-5-10-2-1-3-11(4-10)33-9-16(30)20(31)13-6-12(15(29)8-28)18(21(24)32)19(13)27-22(14)26-17/h1-4,7,12-13,15-16,18-20,28-31H,5-6,8-9H2,(H2,24,32)(H,25,26,27)/t12?,13?,15-,16-,18-,19+,20?/m0/s1. The Labute approximate surface area is 189 Å². The molecule has 11 heteroatoms. The number of hydrogen-bond acceptors (Lipinski definition) is 9. The van der Waals surface area contributed by atoms with Crippen LogP contribution >= 0.6 is 0 Å². The Morgan fingerprint density at radius 3 is 2.88 bits per heavy atom. The molecule has 0 radical (unpaired) electrons. The fourth-order valence-electron chi connectivity index (χ4n) is 4.85. The molecule has 7 atom stereocenters. The van der Waals surface area contributed by atoms with Gasteiger partial charge in [-0.25, -0.2) is 14.4 Å². The zero-order valence-electron chi connectivity index (χ0n) is 17.7. The smallest absolute Gasteiger partial charge is 0.222 e. The molecule has 4 rings (SSSR count). The third kappa shape index (κ3) is 4.76. The van der Waals surface area contributed by atoms with Gasteiger partial charge < -0.3 is 36.2 Å². The molecule has 2 heterocycles. The van der Waals surface area contributed by atoms with Gasteiger partial charge >= 0.3 is 0 Å². The molecule has 2 aromatic rings. The number of hydrogen-bond donors (Lipinski definition) is 6. The summed E-state index contributed by atoms with van der Waals surface area (Å²) < 4.78 is 20.3. The van der Waals surface area contributed by atoms with Crippen LogP contribution in [0.15, 0.2) is 30.5 Å². The molecule has 3 unspecified atom stereocenters. The van der Waals surface area contributed by atoms with Crippen molar-refractivity contribution in [3.05, 3.63) is 47.7 Å². The Morgan fingerprint density at radius 1 is 1.36 bits per heavy atom. The second-order valence-electron chi connectivity index (χ2n) is 8.59. The van der Waals surface area contributed by atoms with Crippen LogP contribution in [0, 0.1) is 23.6 Å². The first-order valence-electron chi connectivity index (χ1n) is 10.7. The molecule has 4 bridgehead atoms. The SMILES string of the molecule is NC(=O)[C@H]1C([C@@H](O)CO)CC2C(O)[C@@H](O)COc3cccc(c3)Cc3ncc(F)c(n3)N[C@H]21. The first-order valence-corrected chi connectivity index (χ1v) is 10.7. The van der Waals surface area contributed by atoms with Crippen molar-refractivity contribution in [2.24, 2.45) is 23.5 Å². The summed E-state index contributed by atoms with van der Waals surface area (Å²) in [7, 11) is 0. The van der Waals surface area contributed by atoms with Crippen molar-refractivity contribution in [2.75, 3.05) is 18.5 Å². The van der Waals surface area contributed by atoms with Gasteiger partial charge in [0.1, 0.15) is 24.3 Å². The largest absolute Gasteiger partial charge is 0.491 e. The van der Waals surface area contributed by atoms with E-state index in [9.17, 15) is 29.6 Å². The highest BCUT2D eigenvalue weighted by Gasteiger charge is 2.52. The molecule has 10 nitrogen and oxygen atoms in total. The zero-order chi connectivity index (χ0) is 23.7. The van der Waals surface area contributed by atoms with E-state index in [1.807, 2.05) is 6.07 Å². The maximum Gasteiger partial charge on any atom is 0.222 e. The van der Waals surface area contributed by atoms with Crippen LogP contribution in [-0.4, -0.2) is 73.9 Å². The molecular formula is C22H27FN4O6. The molecule has 0 spiro atoms. The van der Waals surface area contributed by atoms with Gasteiger partial charge in [0.2, 0.25) is 5.91 Å². The Bertz CT molecular complexity index is 1010. The number of nitrogens with two attached hydrogens (primary N) is 1. The van der Waals surface area contributed by atoms with Crippen molar-refractivity contribution in [2.45, 2.75) is 37.2 Å². The van der Waals surface area contributed by atoms with Crippen molar-refractivity contribution in [1.82, 2.24) is 9.97 Å². The van der Waals surface area contributed by atoms with Crippen LogP contribution in [0.2, 0.25) is 0 Å². The van der Waals surface area contributed by atoms with Crippen LogP contribution in [0.5, 0.6) is 5.75 Å². The number of amides is 1. The van der Waals surface area contributed by atoms with E-state index in [2.05, 4.69) is 15.3 Å². The summed E-state index contributed by atoms with van der Waals surface area (Å²) >= 11 is 0. The predicted molar refractivity (Wildman–Crippen MR) is 114 cm³/mol. The number of ether oxygens (including phenoxy) is 1. The highest BCUT2D eigenvalue weighted by Crippen LogP contribution is 2.43. The molecule has 1 aromatic carbocycles. The number of primary amides is 1. The number of anilines is 1. The first kappa shape index (κ1) is 23.3. The van der Waals surface area contributed by atoms with Crippen LogP contribution in [0.1, 0.15) is 17.8 Å². The van der Waals surface area contributed by atoms with Crippen molar-refractivity contribution in [3.8, 4) is 5.75 Å². The van der Waals surface area contributed by atoms with Crippen molar-refractivity contribution < 1.29 is 34.3 Å². The van der Waals surface area contributed by atoms with Gasteiger partial charge in [-0.1, -0.05) is 12.1 Å². The minimum Gasteiger partial charge on any atom is -0.491 e. The minimum absolute atomic E-state index is 0.0419. The van der Waals surface area contributed by atoms with Gasteiger partial charge in [0, 0.05) is 24.3 Å². The lowest BCUT2D eigenvalue weighted by Gasteiger charge is -2.31. The van der Waals surface area contributed by atoms with Crippen LogP contribution < -0.4 is 15.8 Å². The summed E-state index contributed by atoms with van der Waals surface area (Å²) in [6.45, 7) is -0.865. The number of aliphatic hydroxyl groups excluding tert-OH is 4. The number of halogens is 1. The van der Waals surface area contributed by atoms with Crippen LogP contribution in [0.3, 0.4) is 0 Å². The number of fused-ring (bicyclic) bond motifs is 5. The van der Waals surface area contributed by atoms with Crippen LogP contribution in [0.25, 0.3) is 0 Å². The first-order chi connectivity index (χ1) is 15.8. The summed E-state index contributed by atoms with van der Waals surface area (Å²) in [4.78, 5) is 20.7. The van der Waals surface area contributed by atoms with Gasteiger partial charge in [-0.3, -0.25) is 4.79 Å². The van der Waals surface area contributed by atoms with E-state index >= 15 is 0 Å². The van der Waals surface area contributed by atoms with Gasteiger partial charge in [0.15, 0.2) is 11.6 Å². The highest BCUT2D eigenvalue weighted by atomic mass is 19.1. The number of carbonyl (C=O) groups is 1. The topological polar surface area (TPSA) is 171 Å². The molecular weight excluding hydrogens is 435 g/mol. The van der Waals surface area contributed by atoms with E-state index in [4.69, 9.17) is 10.5 Å². The lowest BCUT2D eigenvalue weighted by atomic mass is 9.87. The van der Waals surface area contributed by atoms with E-state index in [1.54, 1.807) is 18.2 Å². The Balaban J connectivity index is 1.78. The molecule has 1 saturated carbocycles. The quantitative estimate of drug-likeness (QED) is 0.341. The summed E-state index contributed by atoms with van der Waals surface area (Å²) in [6.07, 6.45) is -2.74. The molecule has 7 N–H and O–H groups in total. The van der Waals surface area contributed by atoms with E-state index in [0.717, 1.165) is 11.8 Å². The monoisotopic (exact) mass is 462 g/mol. The Kier molecular flexibility index (Phi) is 6.75. The summed E-state index contributed by atoms with van der Waals surface area (Å²) in [5.41, 5.74) is 6.41. The molecule has 33 heavy (non-hydrogen) atoms. The normalized spacial score (nSPS) is 30.3. The maximum atomic E-state index is 14.6. The molecule has 1 amide bonds. The van der Waals surface area contributed by atoms with Crippen molar-refractivity contribution in [3.63, 3.8) is 0 Å². The molecule has 2 aliphatic rings. The summed E-state index contributed by atoms with van der Waals surface area (Å²) in [5, 5.41) is 44.3. The van der Waals surface area contributed by atoms with E-state index < -0.39 is 60.4 Å². The Morgan fingerprint density at radius 2 is 2.15 bits per heavy atom. The molecule has 1 aliphatic carbocycles. The van der Waals surface area contributed by atoms with Crippen LogP contribution in [0.4, 0.5) is 10.2 Å². The fourth-order valence-corrected chi connectivity index (χ4v) is 4.85. The minimum atomic E-state index is -1.41. The fraction of sp³-hybridized carbons (Fsp3) is 0.500. The number of rotatable bonds is 3. The average Bonchev–Trinajstić information content (AvgIpc) is 3.17. The number of aliphatic hydroxyl groups is 4. The van der Waals surface area contributed by atoms with Gasteiger partial charge in [0.05, 0.1) is 30.9 Å². The van der Waals surface area contributed by atoms with E-state index in [0.29, 0.717) is 11.6 Å². The third-order valence-electron chi connectivity index (χ3n) is 6.48. The summed E-state index contributed by atoms with van der Waals surface area (Å²) in [5.74, 6) is -3.71. The third-order valence-corrected chi connectivity index (χ3v) is 6.48. The van der Waals surface area contributed by atoms with Crippen molar-refractivity contribution in [1.29, 1.82) is 0 Å². The second-order valence-corrected chi connectivity index (χ2v) is 8.59. The summed E-state index contributed by atoms with van der Waals surface area (Å²) in [6, 6.07) is 6.03. The van der Waals surface area contributed by atoms with Gasteiger partial charge in [-0.05, 0) is 24.1 Å². The number of carbonyl (C=O) groups excluding carboxylic acids is 1. The second kappa shape index (κ2) is 9.56. The van der Waals surface area contributed by atoms with Crippen molar-refractivity contribution >= 4 is 11.7 Å². The number of benzene rings is 1. The van der Waals surface area contributed by atoms with Crippen LogP contribution in [-0.2, 0) is 11.2 Å². The number of nitrogens with zero attached hydrogens (tertiary/aromatic N) is 2.